The lowest BCUT2D eigenvalue weighted by Crippen LogP contribution is -2.43. The number of nitrogens with one attached hydrogen (secondary N) is 2. The molecule has 19 heavy (non-hydrogen) atoms. The maximum absolute atomic E-state index is 11.8. The molecule has 0 aromatic heterocycles. The van der Waals surface area contributed by atoms with Crippen LogP contribution in [-0.2, 0) is 4.79 Å². The van der Waals surface area contributed by atoms with Crippen molar-refractivity contribution >= 4 is 11.6 Å². The smallest absolute Gasteiger partial charge is 0.224 e. The summed E-state index contributed by atoms with van der Waals surface area (Å²) in [4.78, 5) is 11.8. The predicted molar refractivity (Wildman–Crippen MR) is 73.8 cm³/mol. The van der Waals surface area contributed by atoms with Gasteiger partial charge < -0.3 is 20.1 Å². The lowest BCUT2D eigenvalue weighted by atomic mass is 9.99. The van der Waals surface area contributed by atoms with Crippen LogP contribution in [0.25, 0.3) is 0 Å². The monoisotopic (exact) mass is 264 g/mol. The molecule has 1 aromatic carbocycles. The van der Waals surface area contributed by atoms with E-state index in [1.165, 1.54) is 0 Å². The van der Waals surface area contributed by atoms with Crippen molar-refractivity contribution in [2.24, 2.45) is 5.92 Å². The van der Waals surface area contributed by atoms with Gasteiger partial charge in [0.1, 0.15) is 0 Å². The number of ether oxygens (including phenoxy) is 2. The number of benzene rings is 1. The van der Waals surface area contributed by atoms with Crippen LogP contribution in [0, 0.1) is 5.92 Å². The van der Waals surface area contributed by atoms with E-state index in [1.807, 2.05) is 19.1 Å². The largest absolute Gasteiger partial charge is 0.493 e. The summed E-state index contributed by atoms with van der Waals surface area (Å²) in [6.45, 7) is 4.36. The zero-order valence-corrected chi connectivity index (χ0v) is 11.4. The van der Waals surface area contributed by atoms with Crippen LogP contribution in [0.3, 0.4) is 0 Å². The Kier molecular flexibility index (Phi) is 4.63. The number of carbonyl (C=O) groups is 1. The van der Waals surface area contributed by atoms with Crippen molar-refractivity contribution in [1.29, 1.82) is 0 Å². The van der Waals surface area contributed by atoms with Gasteiger partial charge in [0.2, 0.25) is 5.91 Å². The molecule has 0 unspecified atom stereocenters. The standard InChI is InChI=1S/C14H20N2O3/c1-3-19-12-5-4-11(7-13(12)18-2)16-14(17)6-10-8-15-9-10/h4-5,7,10,15H,3,6,8-9H2,1-2H3,(H,16,17). The molecular weight excluding hydrogens is 244 g/mol. The first-order chi connectivity index (χ1) is 9.22. The van der Waals surface area contributed by atoms with Crippen LogP contribution >= 0.6 is 0 Å². The van der Waals surface area contributed by atoms with Gasteiger partial charge in [0.05, 0.1) is 13.7 Å². The third-order valence-electron chi connectivity index (χ3n) is 3.09. The minimum absolute atomic E-state index is 0.0395. The van der Waals surface area contributed by atoms with Crippen molar-refractivity contribution in [2.45, 2.75) is 13.3 Å². The molecule has 1 fully saturated rings. The molecule has 104 valence electrons. The summed E-state index contributed by atoms with van der Waals surface area (Å²) >= 11 is 0. The van der Waals surface area contributed by atoms with Crippen molar-refractivity contribution in [3.05, 3.63) is 18.2 Å². The Morgan fingerprint density at radius 1 is 1.42 bits per heavy atom. The van der Waals surface area contributed by atoms with Crippen molar-refractivity contribution in [1.82, 2.24) is 5.32 Å². The topological polar surface area (TPSA) is 59.6 Å². The van der Waals surface area contributed by atoms with Gasteiger partial charge in [0, 0.05) is 18.2 Å². The maximum atomic E-state index is 11.8. The molecule has 1 amide bonds. The van der Waals surface area contributed by atoms with E-state index in [0.29, 0.717) is 30.4 Å². The number of hydrogen-bond acceptors (Lipinski definition) is 4. The maximum Gasteiger partial charge on any atom is 0.224 e. The number of hydrogen-bond donors (Lipinski definition) is 2. The second kappa shape index (κ2) is 6.43. The molecular formula is C14H20N2O3. The molecule has 1 saturated heterocycles. The first-order valence-corrected chi connectivity index (χ1v) is 6.54. The molecule has 0 spiro atoms. The zero-order valence-electron chi connectivity index (χ0n) is 11.4. The fourth-order valence-corrected chi connectivity index (χ4v) is 1.99. The minimum atomic E-state index is 0.0395. The predicted octanol–water partition coefficient (Wildman–Crippen LogP) is 1.64. The fourth-order valence-electron chi connectivity index (χ4n) is 1.99. The van der Waals surface area contributed by atoms with Gasteiger partial charge in [-0.3, -0.25) is 4.79 Å². The first kappa shape index (κ1) is 13.7. The summed E-state index contributed by atoms with van der Waals surface area (Å²) in [5.74, 6) is 1.82. The van der Waals surface area contributed by atoms with E-state index in [9.17, 15) is 4.79 Å². The summed E-state index contributed by atoms with van der Waals surface area (Å²) in [5.41, 5.74) is 0.734. The van der Waals surface area contributed by atoms with E-state index in [0.717, 1.165) is 18.8 Å². The van der Waals surface area contributed by atoms with Gasteiger partial charge in [-0.2, -0.15) is 0 Å². The van der Waals surface area contributed by atoms with Crippen molar-refractivity contribution < 1.29 is 14.3 Å². The van der Waals surface area contributed by atoms with Crippen LogP contribution in [0.1, 0.15) is 13.3 Å². The van der Waals surface area contributed by atoms with Gasteiger partial charge in [-0.15, -0.1) is 0 Å². The van der Waals surface area contributed by atoms with Gasteiger partial charge >= 0.3 is 0 Å². The third-order valence-corrected chi connectivity index (χ3v) is 3.09. The van der Waals surface area contributed by atoms with Crippen LogP contribution in [0.5, 0.6) is 11.5 Å². The highest BCUT2D eigenvalue weighted by atomic mass is 16.5. The van der Waals surface area contributed by atoms with Gasteiger partial charge in [0.25, 0.3) is 0 Å². The average molecular weight is 264 g/mol. The van der Waals surface area contributed by atoms with Crippen molar-refractivity contribution in [3.8, 4) is 11.5 Å². The Morgan fingerprint density at radius 2 is 2.21 bits per heavy atom. The molecule has 1 aliphatic heterocycles. The Hall–Kier alpha value is -1.75. The Morgan fingerprint density at radius 3 is 2.79 bits per heavy atom. The molecule has 0 radical (unpaired) electrons. The van der Waals surface area contributed by atoms with E-state index in [4.69, 9.17) is 9.47 Å². The van der Waals surface area contributed by atoms with Crippen LogP contribution in [0.15, 0.2) is 18.2 Å². The number of anilines is 1. The van der Waals surface area contributed by atoms with E-state index >= 15 is 0 Å². The first-order valence-electron chi connectivity index (χ1n) is 6.54. The van der Waals surface area contributed by atoms with E-state index in [-0.39, 0.29) is 5.91 Å². The number of amides is 1. The molecule has 0 atom stereocenters. The van der Waals surface area contributed by atoms with Gasteiger partial charge in [-0.25, -0.2) is 0 Å². The number of carbonyl (C=O) groups excluding carboxylic acids is 1. The summed E-state index contributed by atoms with van der Waals surface area (Å²) in [6.07, 6.45) is 0.558. The van der Waals surface area contributed by atoms with Gasteiger partial charge in [0.15, 0.2) is 11.5 Å². The average Bonchev–Trinajstić information content (AvgIpc) is 2.36. The molecule has 0 bridgehead atoms. The highest BCUT2D eigenvalue weighted by molar-refractivity contribution is 5.91. The second-order valence-corrected chi connectivity index (χ2v) is 4.58. The normalized spacial score (nSPS) is 14.6. The van der Waals surface area contributed by atoms with E-state index in [2.05, 4.69) is 10.6 Å². The van der Waals surface area contributed by atoms with E-state index in [1.54, 1.807) is 13.2 Å². The van der Waals surface area contributed by atoms with Crippen LogP contribution in [0.4, 0.5) is 5.69 Å². The molecule has 1 aliphatic rings. The van der Waals surface area contributed by atoms with E-state index < -0.39 is 0 Å². The summed E-state index contributed by atoms with van der Waals surface area (Å²) < 4.78 is 10.7. The second-order valence-electron chi connectivity index (χ2n) is 4.58. The van der Waals surface area contributed by atoms with Crippen molar-refractivity contribution in [2.75, 3.05) is 32.1 Å². The number of rotatable bonds is 6. The van der Waals surface area contributed by atoms with Crippen LogP contribution in [0.2, 0.25) is 0 Å². The summed E-state index contributed by atoms with van der Waals surface area (Å²) in [6, 6.07) is 5.41. The number of methoxy groups -OCH3 is 1. The lowest BCUT2D eigenvalue weighted by Gasteiger charge is -2.26. The summed E-state index contributed by atoms with van der Waals surface area (Å²) in [5, 5.41) is 6.04. The summed E-state index contributed by atoms with van der Waals surface area (Å²) in [7, 11) is 1.59. The zero-order chi connectivity index (χ0) is 13.7. The molecule has 2 N–H and O–H groups in total. The highest BCUT2D eigenvalue weighted by Gasteiger charge is 2.20. The third kappa shape index (κ3) is 3.61. The Labute approximate surface area is 113 Å². The fraction of sp³-hybridized carbons (Fsp3) is 0.500. The molecule has 2 rings (SSSR count). The molecule has 5 heteroatoms. The SMILES string of the molecule is CCOc1ccc(NC(=O)CC2CNC2)cc1OC. The highest BCUT2D eigenvalue weighted by Crippen LogP contribution is 2.30. The molecule has 0 aliphatic carbocycles. The quantitative estimate of drug-likeness (QED) is 0.820. The minimum Gasteiger partial charge on any atom is -0.493 e. The molecule has 1 aromatic rings. The van der Waals surface area contributed by atoms with Crippen LogP contribution < -0.4 is 20.1 Å². The molecule has 1 heterocycles. The van der Waals surface area contributed by atoms with Crippen molar-refractivity contribution in [3.63, 3.8) is 0 Å². The Balaban J connectivity index is 1.97. The Bertz CT molecular complexity index is 444. The molecule has 0 saturated carbocycles. The lowest BCUT2D eigenvalue weighted by molar-refractivity contribution is -0.117. The van der Waals surface area contributed by atoms with Gasteiger partial charge in [-0.05, 0) is 38.1 Å². The van der Waals surface area contributed by atoms with Gasteiger partial charge in [-0.1, -0.05) is 0 Å². The van der Waals surface area contributed by atoms with Crippen LogP contribution in [-0.4, -0.2) is 32.7 Å². The molecule has 5 nitrogen and oxygen atoms in total.